The molecule has 1 aliphatic rings. The summed E-state index contributed by atoms with van der Waals surface area (Å²) in [6, 6.07) is 7.99. The van der Waals surface area contributed by atoms with Crippen molar-refractivity contribution in [1.82, 2.24) is 4.98 Å². The second-order valence-corrected chi connectivity index (χ2v) is 10.3. The van der Waals surface area contributed by atoms with Crippen LogP contribution in [0, 0.1) is 17.6 Å². The van der Waals surface area contributed by atoms with Crippen LogP contribution in [0.2, 0.25) is 5.02 Å². The van der Waals surface area contributed by atoms with E-state index >= 15 is 0 Å². The van der Waals surface area contributed by atoms with E-state index in [4.69, 9.17) is 22.1 Å². The van der Waals surface area contributed by atoms with Crippen LogP contribution < -0.4 is 15.2 Å². The van der Waals surface area contributed by atoms with E-state index in [0.717, 1.165) is 17.7 Å². The maximum Gasteiger partial charge on any atom is 0.266 e. The predicted octanol–water partition coefficient (Wildman–Crippen LogP) is 5.08. The molecular formula is C22H20ClF2N3O3S2. The van der Waals surface area contributed by atoms with Crippen LogP contribution in [0.15, 0.2) is 58.3 Å². The third kappa shape index (κ3) is 5.19. The van der Waals surface area contributed by atoms with Gasteiger partial charge in [0.2, 0.25) is 0 Å². The lowest BCUT2D eigenvalue weighted by Crippen LogP contribution is -2.37. The first-order chi connectivity index (χ1) is 15.8. The summed E-state index contributed by atoms with van der Waals surface area (Å²) in [7, 11) is -4.24. The van der Waals surface area contributed by atoms with Crippen molar-refractivity contribution in [1.29, 1.82) is 0 Å². The fraction of sp³-hybridized carbons (Fsp3) is 0.227. The van der Waals surface area contributed by atoms with E-state index in [2.05, 4.69) is 9.71 Å². The third-order valence-electron chi connectivity index (χ3n) is 5.33. The predicted molar refractivity (Wildman–Crippen MR) is 125 cm³/mol. The fourth-order valence-corrected chi connectivity index (χ4v) is 5.62. The summed E-state index contributed by atoms with van der Waals surface area (Å²) in [6.45, 7) is 0.0175. The molecule has 3 N–H and O–H groups in total. The van der Waals surface area contributed by atoms with E-state index in [9.17, 15) is 17.2 Å². The quantitative estimate of drug-likeness (QED) is 0.461. The Hall–Kier alpha value is -2.53. The van der Waals surface area contributed by atoms with Gasteiger partial charge in [0.15, 0.2) is 5.82 Å². The van der Waals surface area contributed by atoms with Gasteiger partial charge in [-0.25, -0.2) is 22.2 Å². The highest BCUT2D eigenvalue weighted by molar-refractivity contribution is 7.92. The molecule has 0 amide bonds. The SMILES string of the molecule is NC1CCC=C(c2ccccc2F)C1COc1cc(F)c(S(=O)(=O)Nc2cscn2)cc1Cl. The molecule has 0 aliphatic heterocycles. The van der Waals surface area contributed by atoms with Gasteiger partial charge < -0.3 is 10.5 Å². The minimum Gasteiger partial charge on any atom is -0.491 e. The Morgan fingerprint density at radius 1 is 1.24 bits per heavy atom. The Balaban J connectivity index is 1.55. The average Bonchev–Trinajstić information content (AvgIpc) is 3.27. The Morgan fingerprint density at radius 3 is 2.76 bits per heavy atom. The van der Waals surface area contributed by atoms with Crippen molar-refractivity contribution in [3.8, 4) is 5.75 Å². The zero-order valence-electron chi connectivity index (χ0n) is 17.2. The van der Waals surface area contributed by atoms with Crippen LogP contribution in [-0.4, -0.2) is 26.1 Å². The zero-order valence-corrected chi connectivity index (χ0v) is 19.6. The molecule has 6 nitrogen and oxygen atoms in total. The third-order valence-corrected chi connectivity index (χ3v) is 7.58. The number of benzene rings is 2. The smallest absolute Gasteiger partial charge is 0.266 e. The molecule has 0 bridgehead atoms. The highest BCUT2D eigenvalue weighted by Crippen LogP contribution is 2.36. The first-order valence-electron chi connectivity index (χ1n) is 9.99. The monoisotopic (exact) mass is 511 g/mol. The van der Waals surface area contributed by atoms with E-state index in [1.807, 2.05) is 6.08 Å². The number of sulfonamides is 1. The molecule has 1 aromatic heterocycles. The Bertz CT molecular complexity index is 1280. The maximum atomic E-state index is 14.7. The van der Waals surface area contributed by atoms with Crippen LogP contribution in [0.25, 0.3) is 5.57 Å². The molecule has 0 fully saturated rings. The number of nitrogens with two attached hydrogens (primary N) is 1. The number of allylic oxidation sites excluding steroid dienone is 1. The van der Waals surface area contributed by atoms with Gasteiger partial charge >= 0.3 is 0 Å². The van der Waals surface area contributed by atoms with Crippen LogP contribution in [0.4, 0.5) is 14.6 Å². The molecule has 1 aliphatic carbocycles. The molecule has 1 heterocycles. The van der Waals surface area contributed by atoms with Crippen molar-refractivity contribution in [2.45, 2.75) is 23.8 Å². The minimum absolute atomic E-state index is 0.0175. The highest BCUT2D eigenvalue weighted by atomic mass is 35.5. The van der Waals surface area contributed by atoms with Gasteiger partial charge in [0.25, 0.3) is 10.0 Å². The van der Waals surface area contributed by atoms with Crippen molar-refractivity contribution in [3.63, 3.8) is 0 Å². The molecule has 33 heavy (non-hydrogen) atoms. The number of aromatic nitrogens is 1. The average molecular weight is 512 g/mol. The van der Waals surface area contributed by atoms with Crippen molar-refractivity contribution < 1.29 is 21.9 Å². The van der Waals surface area contributed by atoms with Crippen LogP contribution >= 0.6 is 22.9 Å². The van der Waals surface area contributed by atoms with E-state index in [1.165, 1.54) is 28.3 Å². The number of hydrogen-bond acceptors (Lipinski definition) is 6. The van der Waals surface area contributed by atoms with E-state index in [0.29, 0.717) is 18.4 Å². The first-order valence-corrected chi connectivity index (χ1v) is 12.8. The second-order valence-electron chi connectivity index (χ2n) is 7.49. The van der Waals surface area contributed by atoms with Crippen molar-refractivity contribution in [2.24, 2.45) is 11.7 Å². The molecule has 4 rings (SSSR count). The molecule has 2 aromatic carbocycles. The number of nitrogens with one attached hydrogen (secondary N) is 1. The summed E-state index contributed by atoms with van der Waals surface area (Å²) in [5.41, 5.74) is 8.89. The summed E-state index contributed by atoms with van der Waals surface area (Å²) in [5.74, 6) is -1.71. The minimum atomic E-state index is -4.24. The Kier molecular flexibility index (Phi) is 6.99. The first kappa shape index (κ1) is 23.6. The largest absolute Gasteiger partial charge is 0.491 e. The highest BCUT2D eigenvalue weighted by Gasteiger charge is 2.29. The lowest BCUT2D eigenvalue weighted by Gasteiger charge is -2.30. The second kappa shape index (κ2) is 9.76. The molecular weight excluding hydrogens is 492 g/mol. The van der Waals surface area contributed by atoms with Crippen molar-refractivity contribution in [3.05, 3.63) is 75.6 Å². The lowest BCUT2D eigenvalue weighted by molar-refractivity contribution is 0.252. The summed E-state index contributed by atoms with van der Waals surface area (Å²) in [5, 5.41) is 1.39. The Morgan fingerprint density at radius 2 is 2.03 bits per heavy atom. The van der Waals surface area contributed by atoms with Gasteiger partial charge in [-0.2, -0.15) is 0 Å². The molecule has 174 valence electrons. The summed E-state index contributed by atoms with van der Waals surface area (Å²) in [4.78, 5) is 3.20. The Labute approximate surface area is 199 Å². The van der Waals surface area contributed by atoms with Gasteiger partial charge in [-0.05, 0) is 30.5 Å². The topological polar surface area (TPSA) is 94.3 Å². The number of thiazole rings is 1. The van der Waals surface area contributed by atoms with Crippen LogP contribution in [0.5, 0.6) is 5.75 Å². The fourth-order valence-electron chi connectivity index (χ4n) is 3.69. The van der Waals surface area contributed by atoms with Gasteiger partial charge in [0.05, 0.1) is 17.1 Å². The zero-order chi connectivity index (χ0) is 23.6. The molecule has 0 saturated heterocycles. The van der Waals surface area contributed by atoms with Crippen LogP contribution in [0.3, 0.4) is 0 Å². The van der Waals surface area contributed by atoms with E-state index < -0.39 is 20.7 Å². The van der Waals surface area contributed by atoms with Gasteiger partial charge in [-0.15, -0.1) is 11.3 Å². The van der Waals surface area contributed by atoms with Crippen molar-refractivity contribution >= 4 is 44.4 Å². The van der Waals surface area contributed by atoms with Crippen LogP contribution in [-0.2, 0) is 10.0 Å². The summed E-state index contributed by atoms with van der Waals surface area (Å²) < 4.78 is 62.1. The molecule has 0 spiro atoms. The summed E-state index contributed by atoms with van der Waals surface area (Å²) in [6.07, 6.45) is 3.32. The van der Waals surface area contributed by atoms with E-state index in [-0.39, 0.29) is 41.0 Å². The van der Waals surface area contributed by atoms with Crippen molar-refractivity contribution in [2.75, 3.05) is 11.3 Å². The molecule has 0 saturated carbocycles. The number of rotatable bonds is 7. The molecule has 2 atom stereocenters. The lowest BCUT2D eigenvalue weighted by atomic mass is 9.81. The van der Waals surface area contributed by atoms with Gasteiger partial charge in [0.1, 0.15) is 22.3 Å². The number of anilines is 1. The normalized spacial score (nSPS) is 18.6. The molecule has 0 radical (unpaired) electrons. The van der Waals surface area contributed by atoms with E-state index in [1.54, 1.807) is 18.2 Å². The molecule has 11 heteroatoms. The van der Waals surface area contributed by atoms with Crippen LogP contribution in [0.1, 0.15) is 18.4 Å². The summed E-state index contributed by atoms with van der Waals surface area (Å²) >= 11 is 7.41. The maximum absolute atomic E-state index is 14.7. The number of halogens is 3. The molecule has 3 aromatic rings. The van der Waals surface area contributed by atoms with Gasteiger partial charge in [-0.1, -0.05) is 35.9 Å². The van der Waals surface area contributed by atoms with Gasteiger partial charge in [-0.3, -0.25) is 4.72 Å². The molecule has 2 unspecified atom stereocenters. The number of ether oxygens (including phenoxy) is 1. The number of hydrogen-bond donors (Lipinski definition) is 2. The van der Waals surface area contributed by atoms with Gasteiger partial charge in [0, 0.05) is 29.0 Å². The number of nitrogens with zero attached hydrogens (tertiary/aromatic N) is 1. The standard InChI is InChI=1S/C22H20ClF2N3O3S2/c23-16-8-21(33(29,30)28-22-11-32-12-27-22)18(25)9-20(16)31-10-15-13(5-3-7-19(15)26)14-4-1-2-6-17(14)24/h1-2,4-6,8-9,11-12,15,19,28H,3,7,10,26H2.